The van der Waals surface area contributed by atoms with E-state index in [2.05, 4.69) is 14.8 Å². The number of aromatic nitrogens is 3. The van der Waals surface area contributed by atoms with Crippen LogP contribution in [-0.4, -0.2) is 23.2 Å². The van der Waals surface area contributed by atoms with Crippen LogP contribution in [-0.2, 0) is 10.0 Å². The van der Waals surface area contributed by atoms with Crippen molar-refractivity contribution in [3.63, 3.8) is 0 Å². The summed E-state index contributed by atoms with van der Waals surface area (Å²) in [6.07, 6.45) is 6.13. The van der Waals surface area contributed by atoms with Crippen LogP contribution in [0, 0.1) is 6.92 Å². The van der Waals surface area contributed by atoms with E-state index in [4.69, 9.17) is 0 Å². The molecular weight excluding hydrogens is 344 g/mol. The molecular formula is C16H18N4O2S2. The van der Waals surface area contributed by atoms with Crippen LogP contribution in [0.5, 0.6) is 0 Å². The van der Waals surface area contributed by atoms with Gasteiger partial charge in [0.1, 0.15) is 4.90 Å². The molecule has 0 radical (unpaired) electrons. The highest BCUT2D eigenvalue weighted by atomic mass is 32.2. The van der Waals surface area contributed by atoms with E-state index in [0.717, 1.165) is 23.1 Å². The number of benzene rings is 1. The van der Waals surface area contributed by atoms with E-state index in [1.165, 1.54) is 24.2 Å². The second kappa shape index (κ2) is 5.86. The minimum Gasteiger partial charge on any atom is -0.268 e. The lowest BCUT2D eigenvalue weighted by atomic mass is 10.3. The van der Waals surface area contributed by atoms with E-state index in [1.54, 1.807) is 13.1 Å². The Kier molecular flexibility index (Phi) is 3.80. The minimum atomic E-state index is -3.69. The lowest BCUT2D eigenvalue weighted by Gasteiger charge is -2.08. The summed E-state index contributed by atoms with van der Waals surface area (Å²) in [6, 6.07) is 7.90. The quantitative estimate of drug-likeness (QED) is 0.767. The van der Waals surface area contributed by atoms with E-state index in [0.29, 0.717) is 16.9 Å². The molecule has 6 nitrogen and oxygen atoms in total. The molecule has 0 amide bonds. The van der Waals surface area contributed by atoms with Crippen LogP contribution in [0.4, 0.5) is 5.13 Å². The van der Waals surface area contributed by atoms with Crippen LogP contribution in [0.2, 0.25) is 0 Å². The van der Waals surface area contributed by atoms with Gasteiger partial charge in [-0.15, -0.1) is 0 Å². The molecule has 1 fully saturated rings. The minimum absolute atomic E-state index is 0.230. The number of para-hydroxylation sites is 1. The van der Waals surface area contributed by atoms with Gasteiger partial charge >= 0.3 is 0 Å². The fraction of sp³-hybridized carbons (Fsp3) is 0.375. The SMILES string of the molecule is Cc1nn(C2CCCC2)cc1S(=O)(=O)Nc1nc2ccccc2s1. The second-order valence-electron chi connectivity index (χ2n) is 6.09. The van der Waals surface area contributed by atoms with Gasteiger partial charge in [0.05, 0.1) is 22.0 Å². The number of aryl methyl sites for hydroxylation is 1. The molecule has 0 aliphatic heterocycles. The molecule has 1 aliphatic carbocycles. The highest BCUT2D eigenvalue weighted by Gasteiger charge is 2.25. The van der Waals surface area contributed by atoms with Crippen molar-refractivity contribution in [3.8, 4) is 0 Å². The largest absolute Gasteiger partial charge is 0.268 e. The van der Waals surface area contributed by atoms with Crippen LogP contribution in [0.15, 0.2) is 35.4 Å². The van der Waals surface area contributed by atoms with Gasteiger partial charge in [0.15, 0.2) is 5.13 Å². The summed E-state index contributed by atoms with van der Waals surface area (Å²) in [7, 11) is -3.69. The first-order valence-electron chi connectivity index (χ1n) is 7.97. The summed E-state index contributed by atoms with van der Waals surface area (Å²) in [5.74, 6) is 0. The number of nitrogens with one attached hydrogen (secondary N) is 1. The van der Waals surface area contributed by atoms with Gasteiger partial charge in [-0.05, 0) is 31.9 Å². The molecule has 3 aromatic rings. The summed E-state index contributed by atoms with van der Waals surface area (Å²) in [5, 5.41) is 4.80. The predicted octanol–water partition coefficient (Wildman–Crippen LogP) is 3.72. The van der Waals surface area contributed by atoms with Gasteiger partial charge < -0.3 is 0 Å². The molecule has 126 valence electrons. The number of fused-ring (bicyclic) bond motifs is 1. The topological polar surface area (TPSA) is 76.9 Å². The van der Waals surface area contributed by atoms with Crippen LogP contribution in [0.1, 0.15) is 37.4 Å². The van der Waals surface area contributed by atoms with E-state index in [1.807, 2.05) is 28.9 Å². The maximum Gasteiger partial charge on any atom is 0.267 e. The molecule has 2 heterocycles. The standard InChI is InChI=1S/C16H18N4O2S2/c1-11-15(10-20(18-11)12-6-2-3-7-12)24(21,22)19-16-17-13-8-4-5-9-14(13)23-16/h4-5,8-10,12H,2-3,6-7H2,1H3,(H,17,19). The highest BCUT2D eigenvalue weighted by molar-refractivity contribution is 7.93. The Bertz CT molecular complexity index is 952. The van der Waals surface area contributed by atoms with E-state index in [-0.39, 0.29) is 4.90 Å². The molecule has 1 saturated carbocycles. The second-order valence-corrected chi connectivity index (χ2v) is 8.77. The highest BCUT2D eigenvalue weighted by Crippen LogP contribution is 2.31. The van der Waals surface area contributed by atoms with Crippen LogP contribution in [0.25, 0.3) is 10.2 Å². The molecule has 2 aromatic heterocycles. The van der Waals surface area contributed by atoms with E-state index >= 15 is 0 Å². The zero-order valence-corrected chi connectivity index (χ0v) is 14.9. The summed E-state index contributed by atoms with van der Waals surface area (Å²) < 4.78 is 30.8. The van der Waals surface area contributed by atoms with Gasteiger partial charge in [-0.25, -0.2) is 13.4 Å². The summed E-state index contributed by atoms with van der Waals surface area (Å²) in [4.78, 5) is 4.57. The molecule has 0 bridgehead atoms. The van der Waals surface area contributed by atoms with Crippen molar-refractivity contribution in [3.05, 3.63) is 36.2 Å². The number of hydrogen-bond acceptors (Lipinski definition) is 5. The van der Waals surface area contributed by atoms with E-state index in [9.17, 15) is 8.42 Å². The third-order valence-corrected chi connectivity index (χ3v) is 6.90. The van der Waals surface area contributed by atoms with Gasteiger partial charge in [0.2, 0.25) is 0 Å². The molecule has 1 aliphatic rings. The number of hydrogen-bond donors (Lipinski definition) is 1. The monoisotopic (exact) mass is 362 g/mol. The average Bonchev–Trinajstić information content (AvgIpc) is 3.24. The maximum absolute atomic E-state index is 12.7. The van der Waals surface area contributed by atoms with Crippen molar-refractivity contribution >= 4 is 36.7 Å². The smallest absolute Gasteiger partial charge is 0.267 e. The molecule has 24 heavy (non-hydrogen) atoms. The van der Waals surface area contributed by atoms with Crippen LogP contribution < -0.4 is 4.72 Å². The van der Waals surface area contributed by atoms with Crippen molar-refractivity contribution < 1.29 is 8.42 Å². The van der Waals surface area contributed by atoms with Crippen molar-refractivity contribution in [2.75, 3.05) is 4.72 Å². The predicted molar refractivity (Wildman–Crippen MR) is 94.9 cm³/mol. The number of anilines is 1. The molecule has 1 N–H and O–H groups in total. The van der Waals surface area contributed by atoms with Crippen molar-refractivity contribution in [2.24, 2.45) is 0 Å². The van der Waals surface area contributed by atoms with Crippen molar-refractivity contribution in [2.45, 2.75) is 43.5 Å². The summed E-state index contributed by atoms with van der Waals surface area (Å²) in [6.45, 7) is 1.73. The average molecular weight is 362 g/mol. The number of thiazole rings is 1. The third-order valence-electron chi connectivity index (χ3n) is 4.38. The molecule has 1 aromatic carbocycles. The Balaban J connectivity index is 1.64. The van der Waals surface area contributed by atoms with Gasteiger partial charge in [-0.2, -0.15) is 5.10 Å². The normalized spacial score (nSPS) is 16.0. The Morgan fingerprint density at radius 3 is 2.75 bits per heavy atom. The molecule has 0 spiro atoms. The Labute approximate surface area is 144 Å². The van der Waals surface area contributed by atoms with Crippen LogP contribution >= 0.6 is 11.3 Å². The first kappa shape index (κ1) is 15.6. The number of nitrogens with zero attached hydrogens (tertiary/aromatic N) is 3. The Morgan fingerprint density at radius 2 is 2.00 bits per heavy atom. The van der Waals surface area contributed by atoms with Crippen LogP contribution in [0.3, 0.4) is 0 Å². The van der Waals surface area contributed by atoms with Gasteiger partial charge in [0, 0.05) is 6.20 Å². The molecule has 0 saturated heterocycles. The first-order valence-corrected chi connectivity index (χ1v) is 10.3. The first-order chi connectivity index (χ1) is 11.5. The molecule has 8 heteroatoms. The number of rotatable bonds is 4. The number of sulfonamides is 1. The summed E-state index contributed by atoms with van der Waals surface area (Å²) >= 11 is 1.33. The molecule has 0 unspecified atom stereocenters. The fourth-order valence-electron chi connectivity index (χ4n) is 3.17. The molecule has 4 rings (SSSR count). The fourth-order valence-corrected chi connectivity index (χ4v) is 5.45. The third kappa shape index (κ3) is 2.80. The zero-order valence-electron chi connectivity index (χ0n) is 13.3. The molecule has 0 atom stereocenters. The van der Waals surface area contributed by atoms with Gasteiger partial charge in [-0.3, -0.25) is 9.40 Å². The Hall–Kier alpha value is -1.93. The van der Waals surface area contributed by atoms with Crippen molar-refractivity contribution in [1.82, 2.24) is 14.8 Å². The lowest BCUT2D eigenvalue weighted by molar-refractivity contribution is 0.464. The Morgan fingerprint density at radius 1 is 1.25 bits per heavy atom. The lowest BCUT2D eigenvalue weighted by Crippen LogP contribution is -2.13. The van der Waals surface area contributed by atoms with E-state index < -0.39 is 10.0 Å². The summed E-state index contributed by atoms with van der Waals surface area (Å²) in [5.41, 5.74) is 1.31. The van der Waals surface area contributed by atoms with Gasteiger partial charge in [0.25, 0.3) is 10.0 Å². The zero-order chi connectivity index (χ0) is 16.7. The van der Waals surface area contributed by atoms with Crippen molar-refractivity contribution in [1.29, 1.82) is 0 Å². The maximum atomic E-state index is 12.7. The van der Waals surface area contributed by atoms with Gasteiger partial charge in [-0.1, -0.05) is 36.3 Å².